The number of urea groups is 1. The first-order valence-corrected chi connectivity index (χ1v) is 13.8. The molecule has 38 heavy (non-hydrogen) atoms. The van der Waals surface area contributed by atoms with Crippen molar-refractivity contribution in [3.63, 3.8) is 0 Å². The van der Waals surface area contributed by atoms with Crippen LogP contribution in [0, 0.1) is 5.92 Å². The van der Waals surface area contributed by atoms with Crippen molar-refractivity contribution in [2.75, 3.05) is 39.3 Å². The Morgan fingerprint density at radius 3 is 2.39 bits per heavy atom. The van der Waals surface area contributed by atoms with Crippen LogP contribution in [-0.4, -0.2) is 65.9 Å². The fraction of sp³-hybridized carbons (Fsp3) is 0.333. The van der Waals surface area contributed by atoms with E-state index >= 15 is 0 Å². The SMILES string of the molecule is O=C1CC(CNC(=O)N2CCN(C(c3cccc(Cl)c3)c3ccccc3Cl)CC2)CN1Cc1ccccc1. The van der Waals surface area contributed by atoms with Gasteiger partial charge < -0.3 is 15.1 Å². The lowest BCUT2D eigenvalue weighted by Crippen LogP contribution is -2.53. The summed E-state index contributed by atoms with van der Waals surface area (Å²) in [6, 6.07) is 25.7. The Morgan fingerprint density at radius 1 is 0.921 bits per heavy atom. The Morgan fingerprint density at radius 2 is 1.66 bits per heavy atom. The summed E-state index contributed by atoms with van der Waals surface area (Å²) in [5, 5.41) is 4.47. The minimum Gasteiger partial charge on any atom is -0.338 e. The molecule has 2 fully saturated rings. The number of nitrogens with one attached hydrogen (secondary N) is 1. The second kappa shape index (κ2) is 12.2. The van der Waals surface area contributed by atoms with Gasteiger partial charge >= 0.3 is 6.03 Å². The highest BCUT2D eigenvalue weighted by Crippen LogP contribution is 2.35. The molecule has 0 aliphatic carbocycles. The lowest BCUT2D eigenvalue weighted by atomic mass is 9.96. The summed E-state index contributed by atoms with van der Waals surface area (Å²) >= 11 is 12.9. The van der Waals surface area contributed by atoms with Crippen LogP contribution in [0.3, 0.4) is 0 Å². The van der Waals surface area contributed by atoms with Crippen LogP contribution in [0.1, 0.15) is 29.2 Å². The van der Waals surface area contributed by atoms with Crippen molar-refractivity contribution in [1.29, 1.82) is 0 Å². The number of nitrogens with zero attached hydrogens (tertiary/aromatic N) is 3. The molecule has 2 aliphatic rings. The summed E-state index contributed by atoms with van der Waals surface area (Å²) in [6.07, 6.45) is 0.472. The zero-order chi connectivity index (χ0) is 26.5. The number of piperazine rings is 1. The van der Waals surface area contributed by atoms with Crippen molar-refractivity contribution >= 4 is 35.1 Å². The molecule has 0 saturated carbocycles. The maximum absolute atomic E-state index is 13.0. The maximum atomic E-state index is 13.0. The molecule has 6 nitrogen and oxygen atoms in total. The van der Waals surface area contributed by atoms with Crippen LogP contribution in [0.5, 0.6) is 0 Å². The van der Waals surface area contributed by atoms with Gasteiger partial charge in [-0.15, -0.1) is 0 Å². The molecule has 198 valence electrons. The van der Waals surface area contributed by atoms with Crippen LogP contribution in [0.25, 0.3) is 0 Å². The lowest BCUT2D eigenvalue weighted by Gasteiger charge is -2.40. The molecule has 0 bridgehead atoms. The smallest absolute Gasteiger partial charge is 0.317 e. The van der Waals surface area contributed by atoms with E-state index in [9.17, 15) is 9.59 Å². The van der Waals surface area contributed by atoms with E-state index in [0.29, 0.717) is 62.3 Å². The topological polar surface area (TPSA) is 55.9 Å². The Bertz CT molecular complexity index is 1260. The Labute approximate surface area is 234 Å². The van der Waals surface area contributed by atoms with Crippen molar-refractivity contribution < 1.29 is 9.59 Å². The molecule has 5 rings (SSSR count). The zero-order valence-corrected chi connectivity index (χ0v) is 22.7. The summed E-state index contributed by atoms with van der Waals surface area (Å²) in [5.41, 5.74) is 3.23. The maximum Gasteiger partial charge on any atom is 0.317 e. The first-order valence-electron chi connectivity index (χ1n) is 13.1. The second-order valence-corrected chi connectivity index (χ2v) is 10.9. The van der Waals surface area contributed by atoms with E-state index in [1.807, 2.05) is 76.5 Å². The molecule has 8 heteroatoms. The number of likely N-dealkylation sites (tertiary alicyclic amines) is 1. The van der Waals surface area contributed by atoms with Gasteiger partial charge in [0.2, 0.25) is 5.91 Å². The van der Waals surface area contributed by atoms with Gasteiger partial charge in [0.15, 0.2) is 0 Å². The van der Waals surface area contributed by atoms with E-state index < -0.39 is 0 Å². The Kier molecular flexibility index (Phi) is 8.52. The first-order chi connectivity index (χ1) is 18.5. The molecule has 0 radical (unpaired) electrons. The van der Waals surface area contributed by atoms with Crippen LogP contribution in [0.2, 0.25) is 10.0 Å². The number of amides is 3. The molecule has 2 aliphatic heterocycles. The molecule has 2 heterocycles. The van der Waals surface area contributed by atoms with Crippen LogP contribution in [0.4, 0.5) is 4.79 Å². The number of benzene rings is 3. The molecule has 3 aromatic rings. The average Bonchev–Trinajstić information content (AvgIpc) is 3.28. The fourth-order valence-corrected chi connectivity index (χ4v) is 5.87. The minimum absolute atomic E-state index is 0.0484. The van der Waals surface area contributed by atoms with Gasteiger partial charge in [-0.2, -0.15) is 0 Å². The lowest BCUT2D eigenvalue weighted by molar-refractivity contribution is -0.128. The largest absolute Gasteiger partial charge is 0.338 e. The van der Waals surface area contributed by atoms with Crippen molar-refractivity contribution in [3.05, 3.63) is 106 Å². The standard InChI is InChI=1S/C30H32Cl2N4O2/c31-25-10-6-9-24(18-25)29(26-11-4-5-12-27(26)32)34-13-15-35(16-14-34)30(38)33-19-23-17-28(37)36(21-23)20-22-7-2-1-3-8-22/h1-12,18,23,29H,13-17,19-21H2,(H,33,38). The minimum atomic E-state index is -0.0735. The van der Waals surface area contributed by atoms with Crippen molar-refractivity contribution in [3.8, 4) is 0 Å². The summed E-state index contributed by atoms with van der Waals surface area (Å²) in [5.74, 6) is 0.275. The number of carbonyl (C=O) groups is 2. The molecule has 0 aromatic heterocycles. The molecule has 2 unspecified atom stereocenters. The van der Waals surface area contributed by atoms with E-state index in [2.05, 4.69) is 22.3 Å². The third kappa shape index (κ3) is 6.32. The fourth-order valence-electron chi connectivity index (χ4n) is 5.43. The van der Waals surface area contributed by atoms with Crippen LogP contribution >= 0.6 is 23.2 Å². The molecule has 0 spiro atoms. The van der Waals surface area contributed by atoms with Gasteiger partial charge in [-0.25, -0.2) is 4.79 Å². The molecular weight excluding hydrogens is 519 g/mol. The van der Waals surface area contributed by atoms with Gasteiger partial charge in [-0.05, 0) is 34.9 Å². The van der Waals surface area contributed by atoms with Crippen molar-refractivity contribution in [1.82, 2.24) is 20.0 Å². The van der Waals surface area contributed by atoms with Gasteiger partial charge in [0, 0.05) is 68.2 Å². The predicted octanol–water partition coefficient (Wildman–Crippen LogP) is 5.46. The second-order valence-electron chi connectivity index (χ2n) is 10.0. The number of carbonyl (C=O) groups excluding carboxylic acids is 2. The van der Waals surface area contributed by atoms with Gasteiger partial charge in [0.1, 0.15) is 0 Å². The summed E-state index contributed by atoms with van der Waals surface area (Å²) in [4.78, 5) is 31.6. The predicted molar refractivity (Wildman–Crippen MR) is 151 cm³/mol. The van der Waals surface area contributed by atoms with E-state index in [1.165, 1.54) is 0 Å². The quantitative estimate of drug-likeness (QED) is 0.425. The third-order valence-corrected chi connectivity index (χ3v) is 7.96. The summed E-state index contributed by atoms with van der Waals surface area (Å²) in [6.45, 7) is 4.42. The molecular formula is C30H32Cl2N4O2. The highest BCUT2D eigenvalue weighted by molar-refractivity contribution is 6.31. The normalized spacial score (nSPS) is 19.0. The summed E-state index contributed by atoms with van der Waals surface area (Å²) < 4.78 is 0. The molecule has 1 N–H and O–H groups in total. The average molecular weight is 552 g/mol. The van der Waals surface area contributed by atoms with Crippen LogP contribution < -0.4 is 5.32 Å². The zero-order valence-electron chi connectivity index (χ0n) is 21.2. The molecule has 3 aromatic carbocycles. The van der Waals surface area contributed by atoms with E-state index in [4.69, 9.17) is 23.2 Å². The Hall–Kier alpha value is -3.06. The van der Waals surface area contributed by atoms with Crippen LogP contribution in [-0.2, 0) is 11.3 Å². The monoisotopic (exact) mass is 550 g/mol. The highest BCUT2D eigenvalue weighted by Gasteiger charge is 2.32. The molecule has 2 saturated heterocycles. The molecule has 3 amide bonds. The molecule has 2 atom stereocenters. The Balaban J connectivity index is 1.16. The first kappa shape index (κ1) is 26.5. The van der Waals surface area contributed by atoms with Gasteiger partial charge in [0.05, 0.1) is 6.04 Å². The third-order valence-electron chi connectivity index (χ3n) is 7.38. The van der Waals surface area contributed by atoms with Crippen molar-refractivity contribution in [2.24, 2.45) is 5.92 Å². The van der Waals surface area contributed by atoms with Crippen molar-refractivity contribution in [2.45, 2.75) is 19.0 Å². The number of hydrogen-bond donors (Lipinski definition) is 1. The number of rotatable bonds is 7. The van der Waals surface area contributed by atoms with E-state index in [-0.39, 0.29) is 23.9 Å². The van der Waals surface area contributed by atoms with E-state index in [1.54, 1.807) is 0 Å². The summed E-state index contributed by atoms with van der Waals surface area (Å²) in [7, 11) is 0. The number of hydrogen-bond acceptors (Lipinski definition) is 3. The van der Waals surface area contributed by atoms with Gasteiger partial charge in [-0.3, -0.25) is 9.69 Å². The highest BCUT2D eigenvalue weighted by atomic mass is 35.5. The van der Waals surface area contributed by atoms with Gasteiger partial charge in [-0.1, -0.05) is 83.9 Å². The van der Waals surface area contributed by atoms with Gasteiger partial charge in [0.25, 0.3) is 0 Å². The van der Waals surface area contributed by atoms with Crippen LogP contribution in [0.15, 0.2) is 78.9 Å². The number of halogens is 2. The van der Waals surface area contributed by atoms with E-state index in [0.717, 1.165) is 16.7 Å².